The number of primary amides is 1. The minimum absolute atomic E-state index is 0.0613. The van der Waals surface area contributed by atoms with E-state index in [1.807, 2.05) is 29.2 Å². The van der Waals surface area contributed by atoms with Crippen molar-refractivity contribution in [2.45, 2.75) is 51.5 Å². The van der Waals surface area contributed by atoms with E-state index < -0.39 is 5.91 Å². The number of morpholine rings is 1. The molecule has 3 atom stereocenters. The molecule has 0 aromatic heterocycles. The molecule has 0 bridgehead atoms. The van der Waals surface area contributed by atoms with Crippen LogP contribution in [-0.4, -0.2) is 66.0 Å². The van der Waals surface area contributed by atoms with Crippen LogP contribution in [0.1, 0.15) is 53.0 Å². The largest absolute Gasteiger partial charge is 0.488 e. The number of likely N-dealkylation sites (tertiary alicyclic amines) is 1. The Balaban J connectivity index is 1.41. The topological polar surface area (TPSA) is 85.1 Å². The van der Waals surface area contributed by atoms with Crippen molar-refractivity contribution in [2.24, 2.45) is 5.73 Å². The van der Waals surface area contributed by atoms with Crippen LogP contribution in [0.5, 0.6) is 5.75 Å². The van der Waals surface area contributed by atoms with Crippen LogP contribution in [-0.2, 0) is 11.3 Å². The van der Waals surface area contributed by atoms with Crippen molar-refractivity contribution in [3.05, 3.63) is 65.2 Å². The van der Waals surface area contributed by atoms with Gasteiger partial charge in [-0.2, -0.15) is 0 Å². The number of ether oxygens (including phenoxy) is 2. The molecule has 2 saturated heterocycles. The number of nitrogens with zero attached hydrogens (tertiary/aromatic N) is 2. The molecule has 4 rings (SSSR count). The highest BCUT2D eigenvalue weighted by molar-refractivity contribution is 5.95. The van der Waals surface area contributed by atoms with E-state index in [2.05, 4.69) is 18.7 Å². The Morgan fingerprint density at radius 3 is 2.61 bits per heavy atom. The van der Waals surface area contributed by atoms with Crippen molar-refractivity contribution in [1.82, 2.24) is 9.80 Å². The quantitative estimate of drug-likeness (QED) is 0.699. The van der Waals surface area contributed by atoms with Crippen molar-refractivity contribution in [2.75, 3.05) is 26.2 Å². The molecule has 33 heavy (non-hydrogen) atoms. The first-order chi connectivity index (χ1) is 15.9. The number of hydrogen-bond acceptors (Lipinski definition) is 5. The first-order valence-corrected chi connectivity index (χ1v) is 11.7. The number of amides is 2. The average molecular weight is 452 g/mol. The monoisotopic (exact) mass is 451 g/mol. The summed E-state index contributed by atoms with van der Waals surface area (Å²) in [5, 5.41) is 0. The van der Waals surface area contributed by atoms with E-state index in [9.17, 15) is 9.59 Å². The molecule has 2 heterocycles. The minimum atomic E-state index is -0.529. The lowest BCUT2D eigenvalue weighted by atomic mass is 10.1. The van der Waals surface area contributed by atoms with Crippen molar-refractivity contribution in [3.63, 3.8) is 0 Å². The molecule has 2 aromatic rings. The van der Waals surface area contributed by atoms with E-state index in [1.54, 1.807) is 24.3 Å². The number of benzene rings is 2. The SMILES string of the molecule is CC1CN(CC2CCCN2C(=O)c2cccc(COc3ccccc3C(N)=O)c2)CC(C)O1. The second-order valence-corrected chi connectivity index (χ2v) is 9.12. The maximum Gasteiger partial charge on any atom is 0.254 e. The van der Waals surface area contributed by atoms with Crippen LogP contribution in [0.15, 0.2) is 48.5 Å². The van der Waals surface area contributed by atoms with Gasteiger partial charge in [-0.3, -0.25) is 14.5 Å². The Hall–Kier alpha value is -2.90. The standard InChI is InChI=1S/C26H33N3O4/c1-18-14-28(15-19(2)33-18)16-22-9-6-12-29(22)26(31)21-8-5-7-20(13-21)17-32-24-11-4-3-10-23(24)25(27)30/h3-5,7-8,10-11,13,18-19,22H,6,9,12,14-17H2,1-2H3,(H2,27,30). The number of carbonyl (C=O) groups is 2. The van der Waals surface area contributed by atoms with E-state index in [0.717, 1.165) is 44.6 Å². The fourth-order valence-electron chi connectivity index (χ4n) is 4.94. The highest BCUT2D eigenvalue weighted by Crippen LogP contribution is 2.24. The lowest BCUT2D eigenvalue weighted by Crippen LogP contribution is -2.50. The summed E-state index contributed by atoms with van der Waals surface area (Å²) in [6, 6.07) is 14.7. The average Bonchev–Trinajstić information content (AvgIpc) is 3.24. The van der Waals surface area contributed by atoms with E-state index in [-0.39, 0.29) is 30.8 Å². The van der Waals surface area contributed by atoms with E-state index >= 15 is 0 Å². The van der Waals surface area contributed by atoms with Gasteiger partial charge in [0.15, 0.2) is 0 Å². The molecule has 176 valence electrons. The first kappa shape index (κ1) is 23.3. The van der Waals surface area contributed by atoms with Gasteiger partial charge in [0.25, 0.3) is 11.8 Å². The fraction of sp³-hybridized carbons (Fsp3) is 0.462. The van der Waals surface area contributed by atoms with Gasteiger partial charge in [0.05, 0.1) is 17.8 Å². The zero-order chi connectivity index (χ0) is 23.4. The molecule has 0 spiro atoms. The van der Waals surface area contributed by atoms with Crippen molar-refractivity contribution < 1.29 is 19.1 Å². The molecule has 2 amide bonds. The predicted molar refractivity (Wildman–Crippen MR) is 126 cm³/mol. The van der Waals surface area contributed by atoms with E-state index in [4.69, 9.17) is 15.2 Å². The molecular formula is C26H33N3O4. The van der Waals surface area contributed by atoms with Crippen LogP contribution in [0.4, 0.5) is 0 Å². The molecule has 2 fully saturated rings. The van der Waals surface area contributed by atoms with Gasteiger partial charge < -0.3 is 20.1 Å². The van der Waals surface area contributed by atoms with Gasteiger partial charge in [0.2, 0.25) is 0 Å². The predicted octanol–water partition coefficient (Wildman–Crippen LogP) is 3.08. The second-order valence-electron chi connectivity index (χ2n) is 9.12. The summed E-state index contributed by atoms with van der Waals surface area (Å²) < 4.78 is 11.7. The molecule has 0 radical (unpaired) electrons. The third-order valence-electron chi connectivity index (χ3n) is 6.32. The summed E-state index contributed by atoms with van der Waals surface area (Å²) in [5.41, 5.74) is 7.31. The molecule has 3 unspecified atom stereocenters. The van der Waals surface area contributed by atoms with Crippen LogP contribution in [0, 0.1) is 0 Å². The molecule has 2 aliphatic heterocycles. The zero-order valence-electron chi connectivity index (χ0n) is 19.4. The Morgan fingerprint density at radius 1 is 1.09 bits per heavy atom. The van der Waals surface area contributed by atoms with E-state index in [1.165, 1.54) is 0 Å². The van der Waals surface area contributed by atoms with Gasteiger partial charge in [-0.25, -0.2) is 0 Å². The third-order valence-corrected chi connectivity index (χ3v) is 6.32. The summed E-state index contributed by atoms with van der Waals surface area (Å²) in [6.07, 6.45) is 2.49. The second kappa shape index (κ2) is 10.4. The summed E-state index contributed by atoms with van der Waals surface area (Å²) >= 11 is 0. The summed E-state index contributed by atoms with van der Waals surface area (Å²) in [5.74, 6) is -0.0276. The van der Waals surface area contributed by atoms with Crippen LogP contribution in [0.25, 0.3) is 0 Å². The van der Waals surface area contributed by atoms with Gasteiger partial charge in [0, 0.05) is 37.8 Å². The molecule has 2 N–H and O–H groups in total. The number of carbonyl (C=O) groups excluding carboxylic acids is 2. The third kappa shape index (κ3) is 5.72. The molecule has 7 heteroatoms. The minimum Gasteiger partial charge on any atom is -0.488 e. The molecule has 2 aromatic carbocycles. The van der Waals surface area contributed by atoms with Crippen LogP contribution in [0.2, 0.25) is 0 Å². The molecule has 2 aliphatic rings. The molecule has 7 nitrogen and oxygen atoms in total. The lowest BCUT2D eigenvalue weighted by Gasteiger charge is -2.38. The van der Waals surface area contributed by atoms with Gasteiger partial charge >= 0.3 is 0 Å². The van der Waals surface area contributed by atoms with E-state index in [0.29, 0.717) is 16.9 Å². The van der Waals surface area contributed by atoms with Gasteiger partial charge in [-0.15, -0.1) is 0 Å². The van der Waals surface area contributed by atoms with Crippen molar-refractivity contribution in [1.29, 1.82) is 0 Å². The van der Waals surface area contributed by atoms with Crippen LogP contribution >= 0.6 is 0 Å². The summed E-state index contributed by atoms with van der Waals surface area (Å²) in [4.78, 5) is 29.4. The summed E-state index contributed by atoms with van der Waals surface area (Å²) in [6.45, 7) is 7.94. The zero-order valence-corrected chi connectivity index (χ0v) is 19.4. The number of hydrogen-bond donors (Lipinski definition) is 1. The number of rotatable bonds is 7. The maximum absolute atomic E-state index is 13.4. The first-order valence-electron chi connectivity index (χ1n) is 11.7. The summed E-state index contributed by atoms with van der Waals surface area (Å²) in [7, 11) is 0. The molecule has 0 saturated carbocycles. The Kier molecular flexibility index (Phi) is 7.30. The van der Waals surface area contributed by atoms with Gasteiger partial charge in [0.1, 0.15) is 12.4 Å². The Labute approximate surface area is 195 Å². The lowest BCUT2D eigenvalue weighted by molar-refractivity contribution is -0.0715. The maximum atomic E-state index is 13.4. The normalized spacial score (nSPS) is 23.5. The number of para-hydroxylation sites is 1. The molecule has 0 aliphatic carbocycles. The van der Waals surface area contributed by atoms with Crippen molar-refractivity contribution >= 4 is 11.8 Å². The Bertz CT molecular complexity index is 985. The Morgan fingerprint density at radius 2 is 1.85 bits per heavy atom. The van der Waals surface area contributed by atoms with Gasteiger partial charge in [-0.05, 0) is 56.5 Å². The van der Waals surface area contributed by atoms with Crippen LogP contribution in [0.3, 0.4) is 0 Å². The molecular weight excluding hydrogens is 418 g/mol. The fourth-order valence-corrected chi connectivity index (χ4v) is 4.94. The van der Waals surface area contributed by atoms with Crippen molar-refractivity contribution in [3.8, 4) is 5.75 Å². The highest BCUT2D eigenvalue weighted by atomic mass is 16.5. The van der Waals surface area contributed by atoms with Crippen LogP contribution < -0.4 is 10.5 Å². The van der Waals surface area contributed by atoms with Gasteiger partial charge in [-0.1, -0.05) is 24.3 Å². The smallest absolute Gasteiger partial charge is 0.254 e. The number of nitrogens with two attached hydrogens (primary N) is 1. The highest BCUT2D eigenvalue weighted by Gasteiger charge is 2.33.